The molecule has 0 spiro atoms. The largest absolute Gasteiger partial charge is 0.497 e. The molecule has 0 fully saturated rings. The summed E-state index contributed by atoms with van der Waals surface area (Å²) in [7, 11) is 1.59. The van der Waals surface area contributed by atoms with E-state index in [1.54, 1.807) is 67.9 Å². The molecule has 162 valence electrons. The van der Waals surface area contributed by atoms with E-state index in [9.17, 15) is 4.79 Å². The number of hydrogen-bond acceptors (Lipinski definition) is 7. The summed E-state index contributed by atoms with van der Waals surface area (Å²) >= 11 is 0. The number of aryl methyl sites for hydroxylation is 1. The summed E-state index contributed by atoms with van der Waals surface area (Å²) in [6.45, 7) is 1.78. The molecule has 0 unspecified atom stereocenters. The Labute approximate surface area is 184 Å². The zero-order chi connectivity index (χ0) is 22.3. The SMILES string of the molecule is COc1ccc(OCC(=O)Nc2ccc(Oc3cc(-n4ccnc4C)ncn3)cc2)cc1. The van der Waals surface area contributed by atoms with Crippen LogP contribution < -0.4 is 19.5 Å². The van der Waals surface area contributed by atoms with Gasteiger partial charge in [0.15, 0.2) is 6.61 Å². The van der Waals surface area contributed by atoms with E-state index in [0.717, 1.165) is 11.6 Å². The Morgan fingerprint density at radius 1 is 0.969 bits per heavy atom. The Hall–Kier alpha value is -4.40. The molecule has 0 aliphatic heterocycles. The molecule has 4 aromatic rings. The molecule has 0 radical (unpaired) electrons. The molecule has 1 N–H and O–H groups in total. The van der Waals surface area contributed by atoms with Crippen molar-refractivity contribution in [2.24, 2.45) is 0 Å². The summed E-state index contributed by atoms with van der Waals surface area (Å²) in [6.07, 6.45) is 4.95. The third-order valence-electron chi connectivity index (χ3n) is 4.49. The first-order valence-corrected chi connectivity index (χ1v) is 9.78. The van der Waals surface area contributed by atoms with Crippen molar-refractivity contribution in [3.8, 4) is 28.9 Å². The lowest BCUT2D eigenvalue weighted by molar-refractivity contribution is -0.118. The van der Waals surface area contributed by atoms with Crippen LogP contribution in [0.25, 0.3) is 5.82 Å². The van der Waals surface area contributed by atoms with E-state index in [1.165, 1.54) is 6.33 Å². The van der Waals surface area contributed by atoms with Crippen LogP contribution in [-0.4, -0.2) is 39.1 Å². The molecule has 0 saturated heterocycles. The van der Waals surface area contributed by atoms with Gasteiger partial charge in [-0.05, 0) is 55.5 Å². The van der Waals surface area contributed by atoms with Gasteiger partial charge in [0.25, 0.3) is 5.91 Å². The average Bonchev–Trinajstić information content (AvgIpc) is 3.25. The number of carbonyl (C=O) groups is 1. The van der Waals surface area contributed by atoms with Gasteiger partial charge in [0.05, 0.1) is 7.11 Å². The average molecular weight is 431 g/mol. The van der Waals surface area contributed by atoms with E-state index in [1.807, 2.05) is 17.7 Å². The fourth-order valence-corrected chi connectivity index (χ4v) is 2.88. The van der Waals surface area contributed by atoms with Crippen LogP contribution in [0.2, 0.25) is 0 Å². The van der Waals surface area contributed by atoms with Gasteiger partial charge in [0.2, 0.25) is 5.88 Å². The predicted octanol–water partition coefficient (Wildman–Crippen LogP) is 3.79. The summed E-state index contributed by atoms with van der Waals surface area (Å²) in [5.74, 6) is 3.47. The number of amides is 1. The number of anilines is 1. The van der Waals surface area contributed by atoms with Gasteiger partial charge in [-0.15, -0.1) is 0 Å². The van der Waals surface area contributed by atoms with Gasteiger partial charge >= 0.3 is 0 Å². The van der Waals surface area contributed by atoms with E-state index in [0.29, 0.717) is 28.9 Å². The summed E-state index contributed by atoms with van der Waals surface area (Å²) in [5.41, 5.74) is 0.623. The Balaban J connectivity index is 1.32. The van der Waals surface area contributed by atoms with Crippen LogP contribution in [0.3, 0.4) is 0 Å². The molecule has 2 aromatic carbocycles. The second-order valence-corrected chi connectivity index (χ2v) is 6.70. The van der Waals surface area contributed by atoms with Gasteiger partial charge in [-0.1, -0.05) is 0 Å². The van der Waals surface area contributed by atoms with Gasteiger partial charge in [-0.3, -0.25) is 9.36 Å². The highest BCUT2D eigenvalue weighted by Gasteiger charge is 2.07. The minimum atomic E-state index is -0.273. The monoisotopic (exact) mass is 431 g/mol. The van der Waals surface area contributed by atoms with E-state index in [-0.39, 0.29) is 12.5 Å². The standard InChI is InChI=1S/C23H21N5O4/c1-16-24-11-12-28(16)21-13-23(26-15-25-21)32-20-5-3-17(4-6-20)27-22(29)14-31-19-9-7-18(30-2)8-10-19/h3-13,15H,14H2,1-2H3,(H,27,29). The minimum absolute atomic E-state index is 0.109. The molecule has 4 rings (SSSR count). The zero-order valence-corrected chi connectivity index (χ0v) is 17.6. The van der Waals surface area contributed by atoms with E-state index >= 15 is 0 Å². The number of hydrogen-bond donors (Lipinski definition) is 1. The van der Waals surface area contributed by atoms with Crippen molar-refractivity contribution < 1.29 is 19.0 Å². The van der Waals surface area contributed by atoms with Crippen LogP contribution in [0.15, 0.2) is 73.3 Å². The molecule has 2 heterocycles. The Kier molecular flexibility index (Phi) is 6.26. The van der Waals surface area contributed by atoms with Gasteiger partial charge in [0, 0.05) is 24.1 Å². The van der Waals surface area contributed by atoms with Gasteiger partial charge in [-0.25, -0.2) is 15.0 Å². The Morgan fingerprint density at radius 2 is 1.69 bits per heavy atom. The molecule has 0 bridgehead atoms. The summed E-state index contributed by atoms with van der Waals surface area (Å²) in [4.78, 5) is 24.7. The number of methoxy groups -OCH3 is 1. The lowest BCUT2D eigenvalue weighted by Crippen LogP contribution is -2.20. The number of benzene rings is 2. The summed E-state index contributed by atoms with van der Waals surface area (Å²) < 4.78 is 18.2. The first-order chi connectivity index (χ1) is 15.6. The first kappa shape index (κ1) is 20.9. The number of rotatable bonds is 8. The lowest BCUT2D eigenvalue weighted by atomic mass is 10.3. The number of nitrogens with one attached hydrogen (secondary N) is 1. The highest BCUT2D eigenvalue weighted by Crippen LogP contribution is 2.23. The minimum Gasteiger partial charge on any atom is -0.497 e. The van der Waals surface area contributed by atoms with Crippen molar-refractivity contribution in [2.45, 2.75) is 6.92 Å². The molecule has 0 aliphatic carbocycles. The number of carbonyl (C=O) groups excluding carboxylic acids is 1. The van der Waals surface area contributed by atoms with E-state index in [4.69, 9.17) is 14.2 Å². The van der Waals surface area contributed by atoms with Crippen molar-refractivity contribution in [3.63, 3.8) is 0 Å². The number of aromatic nitrogens is 4. The van der Waals surface area contributed by atoms with Crippen LogP contribution >= 0.6 is 0 Å². The molecule has 32 heavy (non-hydrogen) atoms. The molecule has 0 atom stereocenters. The zero-order valence-electron chi connectivity index (χ0n) is 17.6. The third-order valence-corrected chi connectivity index (χ3v) is 4.49. The molecular weight excluding hydrogens is 410 g/mol. The lowest BCUT2D eigenvalue weighted by Gasteiger charge is -2.10. The molecule has 0 aliphatic rings. The summed E-state index contributed by atoms with van der Waals surface area (Å²) in [6, 6.07) is 15.7. The Bertz CT molecular complexity index is 1190. The Morgan fingerprint density at radius 3 is 2.38 bits per heavy atom. The van der Waals surface area contributed by atoms with Crippen molar-refractivity contribution in [1.82, 2.24) is 19.5 Å². The maximum atomic E-state index is 12.1. The van der Waals surface area contributed by atoms with Crippen LogP contribution in [0.4, 0.5) is 5.69 Å². The smallest absolute Gasteiger partial charge is 0.262 e. The molecule has 2 aromatic heterocycles. The third kappa shape index (κ3) is 5.20. The fourth-order valence-electron chi connectivity index (χ4n) is 2.88. The van der Waals surface area contributed by atoms with Crippen molar-refractivity contribution in [3.05, 3.63) is 79.1 Å². The molecular formula is C23H21N5O4. The van der Waals surface area contributed by atoms with Gasteiger partial charge in [0.1, 0.15) is 35.2 Å². The molecule has 9 heteroatoms. The van der Waals surface area contributed by atoms with E-state index in [2.05, 4.69) is 20.3 Å². The van der Waals surface area contributed by atoms with E-state index < -0.39 is 0 Å². The van der Waals surface area contributed by atoms with Crippen LogP contribution in [0.5, 0.6) is 23.1 Å². The van der Waals surface area contributed by atoms with Crippen LogP contribution in [0, 0.1) is 6.92 Å². The first-order valence-electron chi connectivity index (χ1n) is 9.78. The van der Waals surface area contributed by atoms with Crippen molar-refractivity contribution in [2.75, 3.05) is 19.0 Å². The highest BCUT2D eigenvalue weighted by atomic mass is 16.5. The topological polar surface area (TPSA) is 100 Å². The number of ether oxygens (including phenoxy) is 3. The quantitative estimate of drug-likeness (QED) is 0.453. The molecule has 9 nitrogen and oxygen atoms in total. The van der Waals surface area contributed by atoms with Crippen LogP contribution in [-0.2, 0) is 4.79 Å². The predicted molar refractivity (Wildman–Crippen MR) is 118 cm³/mol. The second kappa shape index (κ2) is 9.61. The summed E-state index contributed by atoms with van der Waals surface area (Å²) in [5, 5.41) is 2.78. The van der Waals surface area contributed by atoms with Crippen LogP contribution in [0.1, 0.15) is 5.82 Å². The molecule has 0 saturated carbocycles. The fraction of sp³-hybridized carbons (Fsp3) is 0.130. The maximum absolute atomic E-state index is 12.1. The number of imidazole rings is 1. The van der Waals surface area contributed by atoms with Crippen molar-refractivity contribution in [1.29, 1.82) is 0 Å². The van der Waals surface area contributed by atoms with Gasteiger partial charge < -0.3 is 19.5 Å². The van der Waals surface area contributed by atoms with Crippen molar-refractivity contribution >= 4 is 11.6 Å². The normalized spacial score (nSPS) is 10.4. The van der Waals surface area contributed by atoms with Gasteiger partial charge in [-0.2, -0.15) is 0 Å². The second-order valence-electron chi connectivity index (χ2n) is 6.70. The highest BCUT2D eigenvalue weighted by molar-refractivity contribution is 5.91. The molecule has 1 amide bonds. The maximum Gasteiger partial charge on any atom is 0.262 e. The number of nitrogens with zero attached hydrogens (tertiary/aromatic N) is 4.